The summed E-state index contributed by atoms with van der Waals surface area (Å²) in [6.07, 6.45) is 6.44. The highest BCUT2D eigenvalue weighted by Crippen LogP contribution is 2.21. The molecule has 0 saturated carbocycles. The van der Waals surface area contributed by atoms with Gasteiger partial charge in [-0.05, 0) is 18.2 Å². The number of nitrogens with zero attached hydrogens (tertiary/aromatic N) is 5. The Morgan fingerprint density at radius 3 is 2.71 bits per heavy atom. The van der Waals surface area contributed by atoms with Crippen molar-refractivity contribution in [1.29, 1.82) is 0 Å². The molecule has 3 heterocycles. The van der Waals surface area contributed by atoms with Crippen LogP contribution in [0.2, 0.25) is 0 Å². The van der Waals surface area contributed by atoms with Crippen molar-refractivity contribution >= 4 is 21.1 Å². The van der Waals surface area contributed by atoms with Gasteiger partial charge in [-0.15, -0.1) is 0 Å². The largest absolute Gasteiger partial charge is 0.419 e. The lowest BCUT2D eigenvalue weighted by Gasteiger charge is -2.09. The van der Waals surface area contributed by atoms with E-state index in [-0.39, 0.29) is 11.4 Å². The first kappa shape index (κ1) is 18.1. The molecule has 0 amide bonds. The summed E-state index contributed by atoms with van der Waals surface area (Å²) in [5.41, 5.74) is 2.46. The zero-order valence-electron chi connectivity index (χ0n) is 15.0. The number of rotatable bonds is 5. The van der Waals surface area contributed by atoms with E-state index in [1.165, 1.54) is 42.2 Å². The van der Waals surface area contributed by atoms with Crippen LogP contribution in [-0.2, 0) is 30.7 Å². The standard InChI is InChI=1S/C17H16N6O4S/c1-22-10-11(8-20-22)16-13(18-5-6-19-16)9-21-28(25,26)12-3-4-15-14(7-12)23(2)17(24)27-15/h3-8,10,21H,9H2,1-2H3. The Morgan fingerprint density at radius 2 is 1.96 bits per heavy atom. The number of oxazole rings is 1. The fourth-order valence-corrected chi connectivity index (χ4v) is 3.81. The molecule has 0 aliphatic heterocycles. The molecule has 0 atom stereocenters. The van der Waals surface area contributed by atoms with Gasteiger partial charge in [-0.2, -0.15) is 5.10 Å². The molecule has 0 saturated heterocycles. The molecule has 4 rings (SSSR count). The molecule has 0 fully saturated rings. The van der Waals surface area contributed by atoms with Crippen LogP contribution in [0.3, 0.4) is 0 Å². The zero-order valence-corrected chi connectivity index (χ0v) is 15.8. The van der Waals surface area contributed by atoms with Gasteiger partial charge in [0.15, 0.2) is 5.58 Å². The molecule has 0 bridgehead atoms. The Morgan fingerprint density at radius 1 is 1.18 bits per heavy atom. The Bertz CT molecular complexity index is 1340. The van der Waals surface area contributed by atoms with Gasteiger partial charge in [0.05, 0.1) is 34.5 Å². The number of nitrogens with one attached hydrogen (secondary N) is 1. The monoisotopic (exact) mass is 400 g/mol. The third kappa shape index (κ3) is 3.21. The third-order valence-corrected chi connectivity index (χ3v) is 5.65. The number of sulfonamides is 1. The van der Waals surface area contributed by atoms with Gasteiger partial charge in [-0.3, -0.25) is 19.2 Å². The first-order valence-corrected chi connectivity index (χ1v) is 9.71. The molecule has 144 valence electrons. The predicted molar refractivity (Wildman–Crippen MR) is 99.7 cm³/mol. The first-order valence-electron chi connectivity index (χ1n) is 8.23. The molecular weight excluding hydrogens is 384 g/mol. The summed E-state index contributed by atoms with van der Waals surface area (Å²) >= 11 is 0. The van der Waals surface area contributed by atoms with Gasteiger partial charge in [0, 0.05) is 38.2 Å². The number of hydrogen-bond acceptors (Lipinski definition) is 7. The van der Waals surface area contributed by atoms with Crippen molar-refractivity contribution in [2.45, 2.75) is 11.4 Å². The SMILES string of the molecule is Cn1cc(-c2nccnc2CNS(=O)(=O)c2ccc3oc(=O)n(C)c3c2)cn1. The number of hydrogen-bond donors (Lipinski definition) is 1. The quantitative estimate of drug-likeness (QED) is 0.525. The summed E-state index contributed by atoms with van der Waals surface area (Å²) in [6, 6.07) is 4.22. The fourth-order valence-electron chi connectivity index (χ4n) is 2.80. The molecule has 0 radical (unpaired) electrons. The highest BCUT2D eigenvalue weighted by Gasteiger charge is 2.18. The normalized spacial score (nSPS) is 11.9. The third-order valence-electron chi connectivity index (χ3n) is 4.26. The number of fused-ring (bicyclic) bond motifs is 1. The van der Waals surface area contributed by atoms with Crippen molar-refractivity contribution in [3.63, 3.8) is 0 Å². The molecule has 0 spiro atoms. The summed E-state index contributed by atoms with van der Waals surface area (Å²) in [5.74, 6) is -0.557. The van der Waals surface area contributed by atoms with E-state index in [0.29, 0.717) is 22.5 Å². The van der Waals surface area contributed by atoms with Crippen LogP contribution < -0.4 is 10.5 Å². The number of benzene rings is 1. The smallest absolute Gasteiger partial charge is 0.408 e. The second-order valence-electron chi connectivity index (χ2n) is 6.14. The van der Waals surface area contributed by atoms with Crippen LogP contribution in [0.1, 0.15) is 5.69 Å². The van der Waals surface area contributed by atoms with Gasteiger partial charge in [-0.25, -0.2) is 17.9 Å². The first-order chi connectivity index (χ1) is 13.3. The molecule has 10 nitrogen and oxygen atoms in total. The maximum Gasteiger partial charge on any atom is 0.419 e. The lowest BCUT2D eigenvalue weighted by Crippen LogP contribution is -2.24. The maximum atomic E-state index is 12.7. The Balaban J connectivity index is 1.63. The molecule has 0 aliphatic rings. The second kappa shape index (κ2) is 6.69. The van der Waals surface area contributed by atoms with E-state index >= 15 is 0 Å². The summed E-state index contributed by atoms with van der Waals surface area (Å²) in [7, 11) is -0.556. The van der Waals surface area contributed by atoms with E-state index in [1.807, 2.05) is 0 Å². The Hall–Kier alpha value is -3.31. The molecule has 4 aromatic rings. The van der Waals surface area contributed by atoms with Crippen molar-refractivity contribution in [2.24, 2.45) is 14.1 Å². The van der Waals surface area contributed by atoms with Crippen LogP contribution in [0.25, 0.3) is 22.4 Å². The van der Waals surface area contributed by atoms with Gasteiger partial charge in [0.1, 0.15) is 0 Å². The fraction of sp³-hybridized carbons (Fsp3) is 0.176. The average molecular weight is 400 g/mol. The van der Waals surface area contributed by atoms with Crippen LogP contribution in [0, 0.1) is 0 Å². The van der Waals surface area contributed by atoms with E-state index in [4.69, 9.17) is 4.42 Å². The lowest BCUT2D eigenvalue weighted by atomic mass is 10.2. The van der Waals surface area contributed by atoms with E-state index in [2.05, 4.69) is 19.8 Å². The molecule has 0 aliphatic carbocycles. The minimum Gasteiger partial charge on any atom is -0.408 e. The van der Waals surface area contributed by atoms with Crippen LogP contribution in [0.4, 0.5) is 0 Å². The molecular formula is C17H16N6O4S. The van der Waals surface area contributed by atoms with Crippen molar-refractivity contribution in [2.75, 3.05) is 0 Å². The Kier molecular flexibility index (Phi) is 4.32. The molecule has 3 aromatic heterocycles. The lowest BCUT2D eigenvalue weighted by molar-refractivity contribution is 0.528. The topological polar surface area (TPSA) is 125 Å². The maximum absolute atomic E-state index is 12.7. The van der Waals surface area contributed by atoms with Crippen molar-refractivity contribution in [3.05, 3.63) is 59.2 Å². The highest BCUT2D eigenvalue weighted by atomic mass is 32.2. The van der Waals surface area contributed by atoms with E-state index in [9.17, 15) is 13.2 Å². The van der Waals surface area contributed by atoms with Gasteiger partial charge in [0.2, 0.25) is 10.0 Å². The van der Waals surface area contributed by atoms with Crippen LogP contribution in [0.15, 0.2) is 57.1 Å². The van der Waals surface area contributed by atoms with Gasteiger partial charge in [-0.1, -0.05) is 0 Å². The minimum atomic E-state index is -3.85. The zero-order chi connectivity index (χ0) is 19.9. The molecule has 1 N–H and O–H groups in total. The number of aromatic nitrogens is 5. The summed E-state index contributed by atoms with van der Waals surface area (Å²) < 4.78 is 35.9. The predicted octanol–water partition coefficient (Wildman–Crippen LogP) is 0.800. The second-order valence-corrected chi connectivity index (χ2v) is 7.90. The van der Waals surface area contributed by atoms with Gasteiger partial charge in [0.25, 0.3) is 0 Å². The molecule has 0 unspecified atom stereocenters. The molecule has 11 heteroatoms. The summed E-state index contributed by atoms with van der Waals surface area (Å²) in [6.45, 7) is -0.0528. The minimum absolute atomic E-state index is 0.0169. The molecule has 28 heavy (non-hydrogen) atoms. The van der Waals surface area contributed by atoms with Crippen LogP contribution >= 0.6 is 0 Å². The average Bonchev–Trinajstić information content (AvgIpc) is 3.23. The highest BCUT2D eigenvalue weighted by molar-refractivity contribution is 7.89. The van der Waals surface area contributed by atoms with Crippen molar-refractivity contribution in [3.8, 4) is 11.3 Å². The summed E-state index contributed by atoms with van der Waals surface area (Å²) in [5, 5.41) is 4.10. The molecule has 1 aromatic carbocycles. The van der Waals surface area contributed by atoms with Gasteiger partial charge < -0.3 is 4.42 Å². The van der Waals surface area contributed by atoms with Gasteiger partial charge >= 0.3 is 5.76 Å². The van der Waals surface area contributed by atoms with Crippen molar-refractivity contribution in [1.82, 2.24) is 29.0 Å². The van der Waals surface area contributed by atoms with E-state index < -0.39 is 15.8 Å². The number of aryl methyl sites for hydroxylation is 2. The van der Waals surface area contributed by atoms with Crippen LogP contribution in [0.5, 0.6) is 0 Å². The van der Waals surface area contributed by atoms with Crippen molar-refractivity contribution < 1.29 is 12.8 Å². The summed E-state index contributed by atoms with van der Waals surface area (Å²) in [4.78, 5) is 20.1. The van der Waals surface area contributed by atoms with E-state index in [1.54, 1.807) is 24.1 Å². The van der Waals surface area contributed by atoms with Crippen LogP contribution in [-0.4, -0.2) is 32.7 Å². The Labute approximate surface area is 159 Å². The van der Waals surface area contributed by atoms with E-state index in [0.717, 1.165) is 5.56 Å².